The summed E-state index contributed by atoms with van der Waals surface area (Å²) in [4.78, 5) is 21.2. The highest BCUT2D eigenvalue weighted by Gasteiger charge is 2.26. The van der Waals surface area contributed by atoms with Gasteiger partial charge in [0.1, 0.15) is 12.1 Å². The number of nitrogens with zero attached hydrogens (tertiary/aromatic N) is 4. The van der Waals surface area contributed by atoms with Crippen molar-refractivity contribution in [1.29, 1.82) is 0 Å². The predicted molar refractivity (Wildman–Crippen MR) is 97.6 cm³/mol. The molecule has 3 aromatic rings. The molecule has 0 spiro atoms. The molecule has 8 heteroatoms. The van der Waals surface area contributed by atoms with Crippen LogP contribution in [-0.4, -0.2) is 30.8 Å². The van der Waals surface area contributed by atoms with E-state index in [1.165, 1.54) is 6.33 Å². The molecule has 0 saturated heterocycles. The molecule has 134 valence electrons. The lowest BCUT2D eigenvalue weighted by Crippen LogP contribution is -2.15. The Morgan fingerprint density at radius 1 is 1.23 bits per heavy atom. The first-order valence-electron chi connectivity index (χ1n) is 8.67. The molecule has 4 N–H and O–H groups in total. The summed E-state index contributed by atoms with van der Waals surface area (Å²) in [5.74, 6) is -0.106. The first-order valence-corrected chi connectivity index (χ1v) is 8.67. The molecule has 0 radical (unpaired) electrons. The number of anilines is 2. The Hall–Kier alpha value is -3.00. The van der Waals surface area contributed by atoms with E-state index in [9.17, 15) is 4.79 Å². The molecule has 1 amide bonds. The van der Waals surface area contributed by atoms with Crippen molar-refractivity contribution in [3.05, 3.63) is 41.9 Å². The van der Waals surface area contributed by atoms with Crippen molar-refractivity contribution < 1.29 is 9.90 Å². The summed E-state index contributed by atoms with van der Waals surface area (Å²) in [5, 5.41) is 17.0. The van der Waals surface area contributed by atoms with Gasteiger partial charge in [-0.25, -0.2) is 14.6 Å². The minimum Gasteiger partial charge on any atom is -0.392 e. The Bertz CT molecular complexity index is 944. The highest BCUT2D eigenvalue weighted by atomic mass is 16.3. The summed E-state index contributed by atoms with van der Waals surface area (Å²) in [6.07, 6.45) is 5.73. The van der Waals surface area contributed by atoms with E-state index >= 15 is 0 Å². The molecule has 2 heterocycles. The number of nitrogen functional groups attached to an aromatic ring is 1. The van der Waals surface area contributed by atoms with E-state index in [-0.39, 0.29) is 30.1 Å². The summed E-state index contributed by atoms with van der Waals surface area (Å²) in [6, 6.07) is 7.21. The number of hydrogen-bond acceptors (Lipinski definition) is 6. The van der Waals surface area contributed by atoms with E-state index in [0.717, 1.165) is 31.2 Å². The van der Waals surface area contributed by atoms with Gasteiger partial charge in [0.25, 0.3) is 5.91 Å². The first kappa shape index (κ1) is 16.5. The van der Waals surface area contributed by atoms with Crippen LogP contribution in [0.4, 0.5) is 11.5 Å². The maximum atomic E-state index is 12.8. The van der Waals surface area contributed by atoms with Crippen LogP contribution in [0.25, 0.3) is 11.0 Å². The first-order chi connectivity index (χ1) is 12.7. The molecule has 0 aliphatic heterocycles. The molecular weight excluding hydrogens is 332 g/mol. The number of nitrogens with one attached hydrogen (secondary N) is 1. The molecule has 2 aromatic heterocycles. The number of aromatic nitrogens is 4. The third kappa shape index (κ3) is 2.88. The SMILES string of the molecule is Nc1ncnc2c1c(C(=O)Nc1ccc(CO)cc1)nn2C1CCCC1. The lowest BCUT2D eigenvalue weighted by molar-refractivity contribution is 0.102. The van der Waals surface area contributed by atoms with Gasteiger partial charge < -0.3 is 16.2 Å². The average Bonchev–Trinajstić information content (AvgIpc) is 3.30. The number of rotatable bonds is 4. The molecule has 4 rings (SSSR count). The van der Waals surface area contributed by atoms with Crippen LogP contribution in [0, 0.1) is 0 Å². The summed E-state index contributed by atoms with van der Waals surface area (Å²) in [6.45, 7) is -0.0431. The summed E-state index contributed by atoms with van der Waals surface area (Å²) in [7, 11) is 0. The van der Waals surface area contributed by atoms with Gasteiger partial charge in [-0.2, -0.15) is 5.10 Å². The van der Waals surface area contributed by atoms with Crippen LogP contribution in [0.3, 0.4) is 0 Å². The van der Waals surface area contributed by atoms with Crippen LogP contribution in [0.2, 0.25) is 0 Å². The third-order valence-electron chi connectivity index (χ3n) is 4.80. The largest absolute Gasteiger partial charge is 0.392 e. The van der Waals surface area contributed by atoms with Crippen molar-refractivity contribution in [3.63, 3.8) is 0 Å². The zero-order chi connectivity index (χ0) is 18.1. The molecule has 26 heavy (non-hydrogen) atoms. The minimum absolute atomic E-state index is 0.0431. The van der Waals surface area contributed by atoms with Crippen LogP contribution in [0.1, 0.15) is 47.8 Å². The van der Waals surface area contributed by atoms with E-state index in [4.69, 9.17) is 10.8 Å². The maximum Gasteiger partial charge on any atom is 0.277 e. The van der Waals surface area contributed by atoms with Gasteiger partial charge in [0.05, 0.1) is 18.0 Å². The maximum absolute atomic E-state index is 12.8. The second kappa shape index (κ2) is 6.72. The van der Waals surface area contributed by atoms with Gasteiger partial charge in [-0.1, -0.05) is 25.0 Å². The van der Waals surface area contributed by atoms with Gasteiger partial charge in [0.2, 0.25) is 0 Å². The molecule has 0 unspecified atom stereocenters. The number of nitrogens with two attached hydrogens (primary N) is 1. The fourth-order valence-corrected chi connectivity index (χ4v) is 3.44. The Kier molecular flexibility index (Phi) is 4.26. The van der Waals surface area contributed by atoms with E-state index in [2.05, 4.69) is 20.4 Å². The smallest absolute Gasteiger partial charge is 0.277 e. The minimum atomic E-state index is -0.356. The van der Waals surface area contributed by atoms with Crippen LogP contribution in [-0.2, 0) is 6.61 Å². The van der Waals surface area contributed by atoms with Crippen molar-refractivity contribution in [3.8, 4) is 0 Å². The summed E-state index contributed by atoms with van der Waals surface area (Å²) in [5.41, 5.74) is 8.25. The topological polar surface area (TPSA) is 119 Å². The van der Waals surface area contributed by atoms with Crippen LogP contribution in [0.5, 0.6) is 0 Å². The van der Waals surface area contributed by atoms with Gasteiger partial charge in [-0.15, -0.1) is 0 Å². The standard InChI is InChI=1S/C18H20N6O2/c19-16-14-15(18(26)22-12-7-5-11(9-25)6-8-12)23-24(13-3-1-2-4-13)17(14)21-10-20-16/h5-8,10,13,25H,1-4,9H2,(H,22,26)(H2,19,20,21). The molecule has 0 bridgehead atoms. The number of hydrogen-bond donors (Lipinski definition) is 3. The zero-order valence-corrected chi connectivity index (χ0v) is 14.2. The van der Waals surface area contributed by atoms with Crippen molar-refractivity contribution in [2.75, 3.05) is 11.1 Å². The summed E-state index contributed by atoms with van der Waals surface area (Å²) >= 11 is 0. The van der Waals surface area contributed by atoms with Crippen LogP contribution >= 0.6 is 0 Å². The number of aliphatic hydroxyl groups excluding tert-OH is 1. The molecule has 1 aliphatic rings. The van der Waals surface area contributed by atoms with E-state index in [0.29, 0.717) is 16.7 Å². The third-order valence-corrected chi connectivity index (χ3v) is 4.80. The van der Waals surface area contributed by atoms with Crippen molar-refractivity contribution in [2.45, 2.75) is 38.3 Å². The highest BCUT2D eigenvalue weighted by Crippen LogP contribution is 2.33. The number of fused-ring (bicyclic) bond motifs is 1. The quantitative estimate of drug-likeness (QED) is 0.663. The number of benzene rings is 1. The van der Waals surface area contributed by atoms with Gasteiger partial charge in [-0.3, -0.25) is 4.79 Å². The van der Waals surface area contributed by atoms with E-state index in [1.807, 2.05) is 4.68 Å². The van der Waals surface area contributed by atoms with Crippen molar-refractivity contribution in [1.82, 2.24) is 19.7 Å². The molecule has 1 aromatic carbocycles. The lowest BCUT2D eigenvalue weighted by atomic mass is 10.2. The molecule has 1 fully saturated rings. The number of amides is 1. The fraction of sp³-hybridized carbons (Fsp3) is 0.333. The summed E-state index contributed by atoms with van der Waals surface area (Å²) < 4.78 is 1.82. The molecular formula is C18H20N6O2. The van der Waals surface area contributed by atoms with Crippen molar-refractivity contribution in [2.24, 2.45) is 0 Å². The van der Waals surface area contributed by atoms with Crippen LogP contribution in [0.15, 0.2) is 30.6 Å². The fourth-order valence-electron chi connectivity index (χ4n) is 3.44. The molecule has 1 saturated carbocycles. The normalized spacial score (nSPS) is 14.8. The second-order valence-electron chi connectivity index (χ2n) is 6.50. The Labute approximate surface area is 150 Å². The average molecular weight is 352 g/mol. The lowest BCUT2D eigenvalue weighted by Gasteiger charge is -2.10. The Morgan fingerprint density at radius 2 is 1.96 bits per heavy atom. The number of carbonyl (C=O) groups is 1. The molecule has 0 atom stereocenters. The predicted octanol–water partition coefficient (Wildman–Crippen LogP) is 2.27. The van der Waals surface area contributed by atoms with E-state index in [1.54, 1.807) is 24.3 Å². The highest BCUT2D eigenvalue weighted by molar-refractivity contribution is 6.13. The van der Waals surface area contributed by atoms with Gasteiger partial charge in [-0.05, 0) is 30.5 Å². The second-order valence-corrected chi connectivity index (χ2v) is 6.50. The van der Waals surface area contributed by atoms with Gasteiger partial charge >= 0.3 is 0 Å². The molecule has 8 nitrogen and oxygen atoms in total. The van der Waals surface area contributed by atoms with E-state index < -0.39 is 0 Å². The monoisotopic (exact) mass is 352 g/mol. The van der Waals surface area contributed by atoms with Gasteiger partial charge in [0, 0.05) is 5.69 Å². The Balaban J connectivity index is 1.71. The number of aliphatic hydroxyl groups is 1. The van der Waals surface area contributed by atoms with Gasteiger partial charge in [0.15, 0.2) is 11.3 Å². The zero-order valence-electron chi connectivity index (χ0n) is 14.2. The Morgan fingerprint density at radius 3 is 2.65 bits per heavy atom. The molecule has 1 aliphatic carbocycles. The van der Waals surface area contributed by atoms with Crippen molar-refractivity contribution >= 4 is 28.4 Å². The number of carbonyl (C=O) groups excluding carboxylic acids is 1. The van der Waals surface area contributed by atoms with Crippen LogP contribution < -0.4 is 11.1 Å².